The summed E-state index contributed by atoms with van der Waals surface area (Å²) in [7, 11) is 0. The molecule has 1 atom stereocenters. The summed E-state index contributed by atoms with van der Waals surface area (Å²) in [4.78, 5) is 11.7. The minimum atomic E-state index is -1.24. The number of carbonyl (C=O) groups is 1. The molecule has 0 radical (unpaired) electrons. The first-order valence-corrected chi connectivity index (χ1v) is 4.87. The van der Waals surface area contributed by atoms with Crippen LogP contribution in [0.15, 0.2) is 30.3 Å². The molecule has 1 unspecified atom stereocenters. The molecule has 0 aromatic heterocycles. The second-order valence-corrected chi connectivity index (χ2v) is 3.26. The first-order valence-electron chi connectivity index (χ1n) is 4.87. The molecule has 0 aliphatic carbocycles. The van der Waals surface area contributed by atoms with Crippen LogP contribution in [0.4, 0.5) is 0 Å². The molecule has 0 saturated carbocycles. The van der Waals surface area contributed by atoms with Crippen molar-refractivity contribution in [1.82, 2.24) is 0 Å². The number of nitrogens with two attached hydrogens (primary N) is 2. The predicted molar refractivity (Wildman–Crippen MR) is 58.0 cm³/mol. The van der Waals surface area contributed by atoms with Gasteiger partial charge in [-0.25, -0.2) is 4.79 Å². The maximum Gasteiger partial charge on any atom is 0.332 e. The lowest BCUT2D eigenvalue weighted by Crippen LogP contribution is -2.51. The minimum Gasteiger partial charge on any atom is -0.464 e. The van der Waals surface area contributed by atoms with Gasteiger partial charge in [0.1, 0.15) is 0 Å². The smallest absolute Gasteiger partial charge is 0.332 e. The number of carbonyl (C=O) groups excluding carboxylic acids is 1. The van der Waals surface area contributed by atoms with Crippen LogP contribution in [0.1, 0.15) is 12.5 Å². The SMILES string of the molecule is CCOC(=O)C(N)(CN)c1ccccc1. The van der Waals surface area contributed by atoms with Crippen molar-refractivity contribution in [2.24, 2.45) is 11.5 Å². The number of ether oxygens (including phenoxy) is 1. The van der Waals surface area contributed by atoms with Gasteiger partial charge in [-0.1, -0.05) is 30.3 Å². The second-order valence-electron chi connectivity index (χ2n) is 3.26. The Morgan fingerprint density at radius 2 is 2.00 bits per heavy atom. The first kappa shape index (κ1) is 11.7. The van der Waals surface area contributed by atoms with E-state index in [0.29, 0.717) is 12.2 Å². The Kier molecular flexibility index (Phi) is 3.82. The molecule has 0 heterocycles. The molecule has 0 amide bonds. The van der Waals surface area contributed by atoms with Gasteiger partial charge in [0, 0.05) is 6.54 Å². The van der Waals surface area contributed by atoms with E-state index in [-0.39, 0.29) is 6.54 Å². The van der Waals surface area contributed by atoms with Gasteiger partial charge in [0.15, 0.2) is 5.54 Å². The van der Waals surface area contributed by atoms with Crippen LogP contribution in [0.3, 0.4) is 0 Å². The Bertz CT molecular complexity index is 327. The Labute approximate surface area is 89.2 Å². The molecule has 4 nitrogen and oxygen atoms in total. The molecule has 0 bridgehead atoms. The van der Waals surface area contributed by atoms with Crippen LogP contribution in [0.5, 0.6) is 0 Å². The molecule has 0 aliphatic heterocycles. The molecular formula is C11H16N2O2. The van der Waals surface area contributed by atoms with Crippen molar-refractivity contribution in [2.45, 2.75) is 12.5 Å². The fraction of sp³-hybridized carbons (Fsp3) is 0.364. The molecule has 4 N–H and O–H groups in total. The highest BCUT2D eigenvalue weighted by Gasteiger charge is 2.35. The standard InChI is InChI=1S/C11H16N2O2/c1-2-15-10(14)11(13,8-12)9-6-4-3-5-7-9/h3-7H,2,8,12-13H2,1H3. The largest absolute Gasteiger partial charge is 0.464 e. The average Bonchev–Trinajstić information content (AvgIpc) is 2.29. The predicted octanol–water partition coefficient (Wildman–Crippen LogP) is 0.362. The lowest BCUT2D eigenvalue weighted by molar-refractivity contribution is -0.149. The third-order valence-electron chi connectivity index (χ3n) is 2.25. The zero-order valence-electron chi connectivity index (χ0n) is 8.77. The van der Waals surface area contributed by atoms with Crippen molar-refractivity contribution < 1.29 is 9.53 Å². The van der Waals surface area contributed by atoms with Gasteiger partial charge in [0.05, 0.1) is 6.61 Å². The van der Waals surface area contributed by atoms with Crippen molar-refractivity contribution in [3.63, 3.8) is 0 Å². The van der Waals surface area contributed by atoms with Gasteiger partial charge in [-0.2, -0.15) is 0 Å². The molecular weight excluding hydrogens is 192 g/mol. The number of esters is 1. The van der Waals surface area contributed by atoms with Crippen LogP contribution in [-0.4, -0.2) is 19.1 Å². The van der Waals surface area contributed by atoms with E-state index < -0.39 is 11.5 Å². The van der Waals surface area contributed by atoms with E-state index >= 15 is 0 Å². The van der Waals surface area contributed by atoms with Crippen LogP contribution in [0, 0.1) is 0 Å². The maximum atomic E-state index is 11.7. The first-order chi connectivity index (χ1) is 7.15. The highest BCUT2D eigenvalue weighted by atomic mass is 16.5. The van der Waals surface area contributed by atoms with Crippen LogP contribution in [-0.2, 0) is 15.1 Å². The number of benzene rings is 1. The monoisotopic (exact) mass is 208 g/mol. The summed E-state index contributed by atoms with van der Waals surface area (Å²) < 4.78 is 4.91. The number of hydrogen-bond acceptors (Lipinski definition) is 4. The molecule has 0 spiro atoms. The summed E-state index contributed by atoms with van der Waals surface area (Å²) in [5, 5.41) is 0. The van der Waals surface area contributed by atoms with Crippen LogP contribution in [0.2, 0.25) is 0 Å². The zero-order chi connectivity index (χ0) is 11.3. The second kappa shape index (κ2) is 4.91. The van der Waals surface area contributed by atoms with Crippen molar-refractivity contribution in [1.29, 1.82) is 0 Å². The van der Waals surface area contributed by atoms with Crippen molar-refractivity contribution in [3.8, 4) is 0 Å². The summed E-state index contributed by atoms with van der Waals surface area (Å²) in [6.45, 7) is 2.06. The minimum absolute atomic E-state index is 0.0237. The topological polar surface area (TPSA) is 78.3 Å². The maximum absolute atomic E-state index is 11.7. The Morgan fingerprint density at radius 1 is 1.40 bits per heavy atom. The van der Waals surface area contributed by atoms with E-state index in [9.17, 15) is 4.79 Å². The van der Waals surface area contributed by atoms with Gasteiger partial charge >= 0.3 is 5.97 Å². The van der Waals surface area contributed by atoms with E-state index in [4.69, 9.17) is 16.2 Å². The highest BCUT2D eigenvalue weighted by Crippen LogP contribution is 2.18. The third-order valence-corrected chi connectivity index (χ3v) is 2.25. The van der Waals surface area contributed by atoms with Crippen LogP contribution < -0.4 is 11.5 Å². The van der Waals surface area contributed by atoms with Gasteiger partial charge in [0.25, 0.3) is 0 Å². The van der Waals surface area contributed by atoms with E-state index in [1.165, 1.54) is 0 Å². The van der Waals surface area contributed by atoms with E-state index in [1.54, 1.807) is 19.1 Å². The van der Waals surface area contributed by atoms with Crippen LogP contribution >= 0.6 is 0 Å². The van der Waals surface area contributed by atoms with Gasteiger partial charge in [-0.3, -0.25) is 0 Å². The average molecular weight is 208 g/mol. The lowest BCUT2D eigenvalue weighted by Gasteiger charge is -2.25. The molecule has 4 heteroatoms. The van der Waals surface area contributed by atoms with E-state index in [2.05, 4.69) is 0 Å². The van der Waals surface area contributed by atoms with Crippen LogP contribution in [0.25, 0.3) is 0 Å². The summed E-state index contributed by atoms with van der Waals surface area (Å²) in [6.07, 6.45) is 0. The van der Waals surface area contributed by atoms with Gasteiger partial charge in [-0.05, 0) is 12.5 Å². The van der Waals surface area contributed by atoms with Crippen molar-refractivity contribution in [3.05, 3.63) is 35.9 Å². The van der Waals surface area contributed by atoms with Crippen molar-refractivity contribution in [2.75, 3.05) is 13.2 Å². The van der Waals surface area contributed by atoms with Gasteiger partial charge in [-0.15, -0.1) is 0 Å². The summed E-state index contributed by atoms with van der Waals surface area (Å²) >= 11 is 0. The quantitative estimate of drug-likeness (QED) is 0.700. The highest BCUT2D eigenvalue weighted by molar-refractivity contribution is 5.82. The summed E-state index contributed by atoms with van der Waals surface area (Å²) in [5.41, 5.74) is 10.9. The fourth-order valence-electron chi connectivity index (χ4n) is 1.31. The molecule has 0 aliphatic rings. The number of hydrogen-bond donors (Lipinski definition) is 2. The normalized spacial score (nSPS) is 14.3. The summed E-state index contributed by atoms with van der Waals surface area (Å²) in [5.74, 6) is -0.487. The van der Waals surface area contributed by atoms with E-state index in [1.807, 2.05) is 18.2 Å². The molecule has 1 rings (SSSR count). The molecule has 1 aromatic rings. The van der Waals surface area contributed by atoms with E-state index in [0.717, 1.165) is 0 Å². The summed E-state index contributed by atoms with van der Waals surface area (Å²) in [6, 6.07) is 9.01. The molecule has 1 aromatic carbocycles. The Balaban J connectivity index is 3.00. The third kappa shape index (κ3) is 2.34. The fourth-order valence-corrected chi connectivity index (χ4v) is 1.31. The Morgan fingerprint density at radius 3 is 2.47 bits per heavy atom. The zero-order valence-corrected chi connectivity index (χ0v) is 8.77. The Hall–Kier alpha value is -1.39. The molecule has 0 fully saturated rings. The van der Waals surface area contributed by atoms with Crippen molar-refractivity contribution >= 4 is 5.97 Å². The molecule has 15 heavy (non-hydrogen) atoms. The molecule has 82 valence electrons. The van der Waals surface area contributed by atoms with Gasteiger partial charge in [0.2, 0.25) is 0 Å². The lowest BCUT2D eigenvalue weighted by atomic mass is 9.91. The molecule has 0 saturated heterocycles. The van der Waals surface area contributed by atoms with Gasteiger partial charge < -0.3 is 16.2 Å². The number of rotatable bonds is 4.